The average molecular weight is 471 g/mol. The summed E-state index contributed by atoms with van der Waals surface area (Å²) < 4.78 is 18.7. The number of nitrogens with zero attached hydrogens (tertiary/aromatic N) is 1. The summed E-state index contributed by atoms with van der Waals surface area (Å²) in [5.41, 5.74) is 3.93. The molecule has 0 heterocycles. The number of rotatable bonds is 7. The molecule has 26 heavy (non-hydrogen) atoms. The first-order chi connectivity index (χ1) is 12.1. The molecule has 4 nitrogen and oxygen atoms in total. The molecule has 0 unspecified atom stereocenters. The molecular formula is C20H27FIN3O. The Labute approximate surface area is 172 Å². The number of aryl methyl sites for hydroxylation is 1. The van der Waals surface area contributed by atoms with Crippen LogP contribution in [0.1, 0.15) is 29.2 Å². The predicted octanol–water partition coefficient (Wildman–Crippen LogP) is 4.15. The van der Waals surface area contributed by atoms with Crippen molar-refractivity contribution in [3.63, 3.8) is 0 Å². The van der Waals surface area contributed by atoms with E-state index < -0.39 is 0 Å². The van der Waals surface area contributed by atoms with E-state index >= 15 is 0 Å². The zero-order valence-corrected chi connectivity index (χ0v) is 17.8. The third kappa shape index (κ3) is 7.29. The van der Waals surface area contributed by atoms with Crippen molar-refractivity contribution in [2.75, 3.05) is 13.7 Å². The molecule has 0 spiro atoms. The number of methoxy groups -OCH3 is 1. The number of benzene rings is 2. The van der Waals surface area contributed by atoms with Crippen molar-refractivity contribution in [2.24, 2.45) is 4.99 Å². The van der Waals surface area contributed by atoms with Gasteiger partial charge in [0.2, 0.25) is 0 Å². The molecule has 0 atom stereocenters. The highest BCUT2D eigenvalue weighted by Gasteiger charge is 2.04. The molecule has 0 bridgehead atoms. The molecule has 0 amide bonds. The Morgan fingerprint density at radius 2 is 1.92 bits per heavy atom. The van der Waals surface area contributed by atoms with Crippen molar-refractivity contribution >= 4 is 29.9 Å². The van der Waals surface area contributed by atoms with Crippen LogP contribution in [0.4, 0.5) is 4.39 Å². The van der Waals surface area contributed by atoms with Crippen LogP contribution in [0.25, 0.3) is 0 Å². The minimum atomic E-state index is -0.245. The van der Waals surface area contributed by atoms with Crippen molar-refractivity contribution in [2.45, 2.75) is 33.5 Å². The summed E-state index contributed by atoms with van der Waals surface area (Å²) in [5, 5.41) is 6.52. The lowest BCUT2D eigenvalue weighted by Crippen LogP contribution is -2.36. The van der Waals surface area contributed by atoms with E-state index in [1.54, 1.807) is 13.2 Å². The van der Waals surface area contributed by atoms with Gasteiger partial charge >= 0.3 is 0 Å². The SMILES string of the molecule is CCNC(=NCc1cccc(C)c1)NCc1ccc(F)c(COC)c1.I. The zero-order chi connectivity index (χ0) is 18.1. The van der Waals surface area contributed by atoms with Gasteiger partial charge in [-0.25, -0.2) is 9.38 Å². The fraction of sp³-hybridized carbons (Fsp3) is 0.350. The third-order valence-electron chi connectivity index (χ3n) is 3.72. The van der Waals surface area contributed by atoms with Gasteiger partial charge in [0.25, 0.3) is 0 Å². The summed E-state index contributed by atoms with van der Waals surface area (Å²) in [4.78, 5) is 4.61. The van der Waals surface area contributed by atoms with E-state index in [0.29, 0.717) is 18.7 Å². The quantitative estimate of drug-likeness (QED) is 0.362. The predicted molar refractivity (Wildman–Crippen MR) is 115 cm³/mol. The summed E-state index contributed by atoms with van der Waals surface area (Å²) in [6.45, 7) is 6.31. The molecule has 0 aliphatic rings. The first-order valence-electron chi connectivity index (χ1n) is 8.46. The number of aliphatic imine (C=N–C) groups is 1. The van der Waals surface area contributed by atoms with Crippen LogP contribution in [0.2, 0.25) is 0 Å². The monoisotopic (exact) mass is 471 g/mol. The van der Waals surface area contributed by atoms with Gasteiger partial charge in [-0.15, -0.1) is 24.0 Å². The molecule has 6 heteroatoms. The summed E-state index contributed by atoms with van der Waals surface area (Å²) in [6, 6.07) is 13.4. The van der Waals surface area contributed by atoms with Crippen LogP contribution in [-0.4, -0.2) is 19.6 Å². The number of hydrogen-bond acceptors (Lipinski definition) is 2. The maximum absolute atomic E-state index is 13.7. The lowest BCUT2D eigenvalue weighted by Gasteiger charge is -2.12. The smallest absolute Gasteiger partial charge is 0.191 e. The van der Waals surface area contributed by atoms with Crippen molar-refractivity contribution in [3.05, 3.63) is 70.5 Å². The molecule has 0 aliphatic heterocycles. The van der Waals surface area contributed by atoms with Gasteiger partial charge in [-0.1, -0.05) is 35.9 Å². The fourth-order valence-corrected chi connectivity index (χ4v) is 2.51. The van der Waals surface area contributed by atoms with Gasteiger partial charge in [0.1, 0.15) is 5.82 Å². The van der Waals surface area contributed by atoms with Crippen LogP contribution in [0, 0.1) is 12.7 Å². The molecule has 2 aromatic carbocycles. The molecule has 0 fully saturated rings. The second kappa shape index (κ2) is 11.9. The highest BCUT2D eigenvalue weighted by Crippen LogP contribution is 2.11. The van der Waals surface area contributed by atoms with Gasteiger partial charge < -0.3 is 15.4 Å². The molecule has 0 saturated carbocycles. The Balaban J connectivity index is 0.00000338. The summed E-state index contributed by atoms with van der Waals surface area (Å²) in [7, 11) is 1.56. The van der Waals surface area contributed by atoms with E-state index in [2.05, 4.69) is 40.7 Å². The van der Waals surface area contributed by atoms with E-state index in [-0.39, 0.29) is 36.4 Å². The normalized spacial score (nSPS) is 11.0. The van der Waals surface area contributed by atoms with E-state index in [9.17, 15) is 4.39 Å². The van der Waals surface area contributed by atoms with E-state index in [1.165, 1.54) is 17.2 Å². The number of guanidine groups is 1. The Bertz CT molecular complexity index is 722. The molecule has 142 valence electrons. The van der Waals surface area contributed by atoms with Crippen molar-refractivity contribution in [3.8, 4) is 0 Å². The number of nitrogens with one attached hydrogen (secondary N) is 2. The minimum absolute atomic E-state index is 0. The Kier molecular flexibility index (Phi) is 10.2. The van der Waals surface area contributed by atoms with Gasteiger partial charge in [0.15, 0.2) is 5.96 Å². The van der Waals surface area contributed by atoms with Crippen LogP contribution < -0.4 is 10.6 Å². The fourth-order valence-electron chi connectivity index (χ4n) is 2.51. The first kappa shape index (κ1) is 22.4. The van der Waals surface area contributed by atoms with Gasteiger partial charge in [-0.05, 0) is 37.1 Å². The molecule has 0 aliphatic carbocycles. The highest BCUT2D eigenvalue weighted by atomic mass is 127. The average Bonchev–Trinajstić information content (AvgIpc) is 2.60. The van der Waals surface area contributed by atoms with Gasteiger partial charge in [-0.3, -0.25) is 0 Å². The molecular weight excluding hydrogens is 444 g/mol. The minimum Gasteiger partial charge on any atom is -0.380 e. The van der Waals surface area contributed by atoms with E-state index in [1.807, 2.05) is 19.1 Å². The topological polar surface area (TPSA) is 45.7 Å². The van der Waals surface area contributed by atoms with Crippen molar-refractivity contribution in [1.29, 1.82) is 0 Å². The van der Waals surface area contributed by atoms with Gasteiger partial charge in [0.05, 0.1) is 13.2 Å². The number of ether oxygens (including phenoxy) is 1. The zero-order valence-electron chi connectivity index (χ0n) is 15.5. The Morgan fingerprint density at radius 3 is 2.62 bits per heavy atom. The third-order valence-corrected chi connectivity index (χ3v) is 3.72. The molecule has 2 N–H and O–H groups in total. The van der Waals surface area contributed by atoms with E-state index in [0.717, 1.165) is 18.1 Å². The van der Waals surface area contributed by atoms with Gasteiger partial charge in [-0.2, -0.15) is 0 Å². The van der Waals surface area contributed by atoms with Crippen LogP contribution >= 0.6 is 24.0 Å². The lowest BCUT2D eigenvalue weighted by molar-refractivity contribution is 0.181. The molecule has 0 saturated heterocycles. The lowest BCUT2D eigenvalue weighted by atomic mass is 10.1. The summed E-state index contributed by atoms with van der Waals surface area (Å²) >= 11 is 0. The maximum Gasteiger partial charge on any atom is 0.191 e. The van der Waals surface area contributed by atoms with Crippen molar-refractivity contribution in [1.82, 2.24) is 10.6 Å². The van der Waals surface area contributed by atoms with Crippen LogP contribution in [-0.2, 0) is 24.4 Å². The molecule has 0 radical (unpaired) electrons. The molecule has 2 rings (SSSR count). The second-order valence-electron chi connectivity index (χ2n) is 5.90. The van der Waals surface area contributed by atoms with Crippen LogP contribution in [0.15, 0.2) is 47.5 Å². The summed E-state index contributed by atoms with van der Waals surface area (Å²) in [5.74, 6) is 0.493. The largest absolute Gasteiger partial charge is 0.380 e. The Hall–Kier alpha value is -1.67. The van der Waals surface area contributed by atoms with Crippen LogP contribution in [0.5, 0.6) is 0 Å². The van der Waals surface area contributed by atoms with E-state index in [4.69, 9.17) is 4.74 Å². The highest BCUT2D eigenvalue weighted by molar-refractivity contribution is 14.0. The molecule has 0 aromatic heterocycles. The standard InChI is InChI=1S/C20H26FN3O.HI/c1-4-22-20(23-12-16-7-5-6-15(2)10-16)24-13-17-8-9-19(21)18(11-17)14-25-3;/h5-11H,4,12-14H2,1-3H3,(H2,22,23,24);1H. The second-order valence-corrected chi connectivity index (χ2v) is 5.90. The summed E-state index contributed by atoms with van der Waals surface area (Å²) in [6.07, 6.45) is 0. The van der Waals surface area contributed by atoms with Crippen molar-refractivity contribution < 1.29 is 9.13 Å². The molecule has 2 aromatic rings. The Morgan fingerprint density at radius 1 is 1.12 bits per heavy atom. The number of halogens is 2. The van der Waals surface area contributed by atoms with Gasteiger partial charge in [0, 0.05) is 25.8 Å². The first-order valence-corrected chi connectivity index (χ1v) is 8.46. The number of hydrogen-bond donors (Lipinski definition) is 2. The maximum atomic E-state index is 13.7. The van der Waals surface area contributed by atoms with Crippen LogP contribution in [0.3, 0.4) is 0 Å².